The van der Waals surface area contributed by atoms with E-state index in [1.165, 1.54) is 18.2 Å². The van der Waals surface area contributed by atoms with Crippen molar-refractivity contribution in [3.05, 3.63) is 58.9 Å². The van der Waals surface area contributed by atoms with Crippen molar-refractivity contribution < 1.29 is 18.4 Å². The Kier molecular flexibility index (Phi) is 5.03. The van der Waals surface area contributed by atoms with Gasteiger partial charge in [-0.05, 0) is 58.9 Å². The average Bonchev–Trinajstić information content (AvgIpc) is 2.81. The maximum atomic E-state index is 13.6. The molecule has 1 heterocycles. The number of nitrogens with zero attached hydrogens (tertiary/aromatic N) is 1. The first-order valence-electron chi connectivity index (χ1n) is 8.90. The monoisotopic (exact) mass is 367 g/mol. The summed E-state index contributed by atoms with van der Waals surface area (Å²) in [5, 5.41) is 9.22. The van der Waals surface area contributed by atoms with E-state index in [2.05, 4.69) is 6.07 Å². The van der Waals surface area contributed by atoms with Crippen molar-refractivity contribution in [3.8, 4) is 11.8 Å². The number of aryl methyl sites for hydroxylation is 1. The van der Waals surface area contributed by atoms with Gasteiger partial charge in [-0.25, -0.2) is 4.39 Å². The number of halogens is 1. The van der Waals surface area contributed by atoms with E-state index >= 15 is 0 Å². The molecule has 0 radical (unpaired) electrons. The molecule has 0 aromatic heterocycles. The van der Waals surface area contributed by atoms with Gasteiger partial charge in [0, 0.05) is 11.0 Å². The van der Waals surface area contributed by atoms with Crippen LogP contribution in [-0.2, 0) is 15.9 Å². The first kappa shape index (κ1) is 19.4. The predicted octanol–water partition coefficient (Wildman–Crippen LogP) is 3.88. The number of ether oxygens (including phenoxy) is 1. The molecule has 4 nitrogen and oxygen atoms in total. The third-order valence-corrected chi connectivity index (χ3v) is 5.24. The number of nitriles is 1. The van der Waals surface area contributed by atoms with Crippen LogP contribution >= 0.6 is 0 Å². The van der Waals surface area contributed by atoms with Gasteiger partial charge in [-0.2, -0.15) is 5.26 Å². The van der Waals surface area contributed by atoms with Gasteiger partial charge in [-0.1, -0.05) is 17.7 Å². The SMILES string of the molecule is Cc1ccc(OCc2cc(F)ccc2C#N)c(B2OC(C)(C)C(C)(C)O2)c1. The fourth-order valence-electron chi connectivity index (χ4n) is 2.90. The third kappa shape index (κ3) is 3.85. The van der Waals surface area contributed by atoms with E-state index in [1.54, 1.807) is 0 Å². The van der Waals surface area contributed by atoms with Crippen molar-refractivity contribution in [1.29, 1.82) is 5.26 Å². The largest absolute Gasteiger partial charge is 0.498 e. The van der Waals surface area contributed by atoms with E-state index in [0.717, 1.165) is 11.0 Å². The van der Waals surface area contributed by atoms with Gasteiger partial charge >= 0.3 is 7.12 Å². The Morgan fingerprint density at radius 2 is 1.74 bits per heavy atom. The van der Waals surface area contributed by atoms with Gasteiger partial charge < -0.3 is 14.0 Å². The molecular weight excluding hydrogens is 344 g/mol. The number of rotatable bonds is 4. The molecule has 0 unspecified atom stereocenters. The van der Waals surface area contributed by atoms with Crippen LogP contribution in [0.2, 0.25) is 0 Å². The van der Waals surface area contributed by atoms with E-state index in [1.807, 2.05) is 52.8 Å². The first-order valence-corrected chi connectivity index (χ1v) is 8.90. The van der Waals surface area contributed by atoms with Gasteiger partial charge in [-0.15, -0.1) is 0 Å². The topological polar surface area (TPSA) is 51.5 Å². The summed E-state index contributed by atoms with van der Waals surface area (Å²) in [6.07, 6.45) is 0. The second kappa shape index (κ2) is 6.99. The molecule has 2 aromatic carbocycles. The lowest BCUT2D eigenvalue weighted by Crippen LogP contribution is -2.41. The molecule has 1 fully saturated rings. The highest BCUT2D eigenvalue weighted by Gasteiger charge is 2.52. The predicted molar refractivity (Wildman–Crippen MR) is 102 cm³/mol. The van der Waals surface area contributed by atoms with Gasteiger partial charge in [0.25, 0.3) is 0 Å². The summed E-state index contributed by atoms with van der Waals surface area (Å²) < 4.78 is 31.8. The van der Waals surface area contributed by atoms with Crippen LogP contribution < -0.4 is 10.2 Å². The van der Waals surface area contributed by atoms with Crippen molar-refractivity contribution in [3.63, 3.8) is 0 Å². The van der Waals surface area contributed by atoms with Crippen molar-refractivity contribution in [1.82, 2.24) is 0 Å². The summed E-state index contributed by atoms with van der Waals surface area (Å²) in [7, 11) is -0.562. The van der Waals surface area contributed by atoms with Crippen LogP contribution in [0, 0.1) is 24.1 Å². The minimum atomic E-state index is -0.562. The molecule has 1 aliphatic heterocycles. The molecule has 0 aliphatic carbocycles. The number of hydrogen-bond acceptors (Lipinski definition) is 4. The fraction of sp³-hybridized carbons (Fsp3) is 0.381. The molecule has 1 saturated heterocycles. The smallest absolute Gasteiger partial charge is 0.489 e. The van der Waals surface area contributed by atoms with Crippen LogP contribution in [0.1, 0.15) is 44.4 Å². The normalized spacial score (nSPS) is 17.6. The summed E-state index contributed by atoms with van der Waals surface area (Å²) in [6, 6.07) is 11.9. The van der Waals surface area contributed by atoms with Crippen molar-refractivity contribution >= 4 is 12.6 Å². The summed E-state index contributed by atoms with van der Waals surface area (Å²) in [5.74, 6) is 0.190. The van der Waals surface area contributed by atoms with E-state index < -0.39 is 24.1 Å². The molecule has 2 aromatic rings. The van der Waals surface area contributed by atoms with Crippen LogP contribution in [0.15, 0.2) is 36.4 Å². The lowest BCUT2D eigenvalue weighted by molar-refractivity contribution is 0.00578. The minimum Gasteiger partial charge on any atom is -0.489 e. The summed E-state index contributed by atoms with van der Waals surface area (Å²) >= 11 is 0. The highest BCUT2D eigenvalue weighted by molar-refractivity contribution is 6.63. The third-order valence-electron chi connectivity index (χ3n) is 5.24. The quantitative estimate of drug-likeness (QED) is 0.770. The lowest BCUT2D eigenvalue weighted by atomic mass is 9.77. The number of benzene rings is 2. The Balaban J connectivity index is 1.88. The minimum absolute atomic E-state index is 0.0796. The molecule has 0 bridgehead atoms. The van der Waals surface area contributed by atoms with E-state index in [0.29, 0.717) is 16.9 Å². The Labute approximate surface area is 160 Å². The van der Waals surface area contributed by atoms with E-state index in [4.69, 9.17) is 14.0 Å². The lowest BCUT2D eigenvalue weighted by Gasteiger charge is -2.32. The van der Waals surface area contributed by atoms with Gasteiger partial charge in [0.15, 0.2) is 0 Å². The molecule has 0 saturated carbocycles. The maximum Gasteiger partial charge on any atom is 0.498 e. The molecule has 0 atom stereocenters. The molecule has 0 N–H and O–H groups in total. The Hall–Kier alpha value is -2.36. The molecule has 1 aliphatic rings. The van der Waals surface area contributed by atoms with Crippen LogP contribution in [0.4, 0.5) is 4.39 Å². The molecule has 0 spiro atoms. The average molecular weight is 367 g/mol. The summed E-state index contributed by atoms with van der Waals surface area (Å²) in [6.45, 7) is 10.0. The van der Waals surface area contributed by atoms with Gasteiger partial charge in [0.05, 0.1) is 22.8 Å². The van der Waals surface area contributed by atoms with E-state index in [-0.39, 0.29) is 6.61 Å². The number of hydrogen-bond donors (Lipinski definition) is 0. The van der Waals surface area contributed by atoms with Crippen LogP contribution in [0.3, 0.4) is 0 Å². The van der Waals surface area contributed by atoms with Gasteiger partial charge in [0.2, 0.25) is 0 Å². The zero-order chi connectivity index (χ0) is 19.8. The summed E-state index contributed by atoms with van der Waals surface area (Å²) in [4.78, 5) is 0. The zero-order valence-corrected chi connectivity index (χ0v) is 16.3. The van der Waals surface area contributed by atoms with Crippen LogP contribution in [-0.4, -0.2) is 18.3 Å². The van der Waals surface area contributed by atoms with Crippen molar-refractivity contribution in [2.75, 3.05) is 0 Å². The first-order chi connectivity index (χ1) is 12.6. The second-order valence-corrected chi connectivity index (χ2v) is 7.83. The zero-order valence-electron chi connectivity index (χ0n) is 16.3. The second-order valence-electron chi connectivity index (χ2n) is 7.83. The maximum absolute atomic E-state index is 13.6. The molecular formula is C21H23BFNO3. The highest BCUT2D eigenvalue weighted by Crippen LogP contribution is 2.37. The van der Waals surface area contributed by atoms with Crippen molar-refractivity contribution in [2.45, 2.75) is 52.4 Å². The Morgan fingerprint density at radius 1 is 1.07 bits per heavy atom. The Bertz CT molecular complexity index is 889. The molecule has 27 heavy (non-hydrogen) atoms. The highest BCUT2D eigenvalue weighted by atomic mass is 19.1. The Morgan fingerprint density at radius 3 is 2.37 bits per heavy atom. The van der Waals surface area contributed by atoms with Crippen molar-refractivity contribution in [2.24, 2.45) is 0 Å². The molecule has 6 heteroatoms. The van der Waals surface area contributed by atoms with Crippen LogP contribution in [0.25, 0.3) is 0 Å². The van der Waals surface area contributed by atoms with E-state index in [9.17, 15) is 9.65 Å². The van der Waals surface area contributed by atoms with Gasteiger partial charge in [0.1, 0.15) is 18.2 Å². The molecule has 0 amide bonds. The van der Waals surface area contributed by atoms with Gasteiger partial charge in [-0.3, -0.25) is 0 Å². The summed E-state index contributed by atoms with van der Waals surface area (Å²) in [5.41, 5.74) is 1.79. The molecule has 140 valence electrons. The fourth-order valence-corrected chi connectivity index (χ4v) is 2.90. The standard InChI is InChI=1S/C21H23BFNO3/c1-14-6-9-19(25-13-16-11-17(23)8-7-15(16)12-24)18(10-14)22-26-20(2,3)21(4,5)27-22/h6-11H,13H2,1-5H3. The molecule has 3 rings (SSSR count). The van der Waals surface area contributed by atoms with Crippen LogP contribution in [0.5, 0.6) is 5.75 Å².